The fraction of sp³-hybridized carbons (Fsp3) is 0.304. The number of thioether (sulfide) groups is 1. The van der Waals surface area contributed by atoms with Crippen LogP contribution in [0.2, 0.25) is 5.02 Å². The summed E-state index contributed by atoms with van der Waals surface area (Å²) < 4.78 is 5.43. The maximum Gasteiger partial charge on any atom is 0.313 e. The topological polar surface area (TPSA) is 116 Å². The van der Waals surface area contributed by atoms with Gasteiger partial charge < -0.3 is 25.0 Å². The van der Waals surface area contributed by atoms with E-state index in [0.29, 0.717) is 33.1 Å². The number of nitrogens with one attached hydrogen (secondary N) is 1. The van der Waals surface area contributed by atoms with Crippen LogP contribution in [0.4, 0.5) is 5.69 Å². The number of carbonyl (C=O) groups excluding carboxylic acids is 3. The van der Waals surface area contributed by atoms with Crippen LogP contribution >= 0.6 is 23.4 Å². The fourth-order valence-corrected chi connectivity index (χ4v) is 4.87. The first-order chi connectivity index (χ1) is 16.3. The Labute approximate surface area is 205 Å². The van der Waals surface area contributed by atoms with Crippen LogP contribution in [0, 0.1) is 0 Å². The molecule has 34 heavy (non-hydrogen) atoms. The van der Waals surface area contributed by atoms with Gasteiger partial charge in [-0.2, -0.15) is 0 Å². The summed E-state index contributed by atoms with van der Waals surface area (Å²) >= 11 is 7.17. The first-order valence-corrected chi connectivity index (χ1v) is 12.0. The molecule has 3 amide bonds. The number of carbonyl (C=O) groups is 4. The molecule has 1 saturated heterocycles. The molecule has 2 N–H and O–H groups in total. The van der Waals surface area contributed by atoms with E-state index in [1.54, 1.807) is 43.5 Å². The van der Waals surface area contributed by atoms with Gasteiger partial charge in [0.1, 0.15) is 11.8 Å². The van der Waals surface area contributed by atoms with Gasteiger partial charge in [0.2, 0.25) is 11.8 Å². The minimum Gasteiger partial charge on any atom is -0.496 e. The summed E-state index contributed by atoms with van der Waals surface area (Å²) in [5.41, 5.74) is 2.16. The van der Waals surface area contributed by atoms with E-state index >= 15 is 0 Å². The Morgan fingerprint density at radius 2 is 1.94 bits per heavy atom. The van der Waals surface area contributed by atoms with Crippen molar-refractivity contribution in [2.45, 2.75) is 6.04 Å². The Kier molecular flexibility index (Phi) is 6.99. The van der Waals surface area contributed by atoms with Gasteiger partial charge in [-0.25, -0.2) is 0 Å². The normalized spacial score (nSPS) is 17.4. The molecule has 178 valence electrons. The van der Waals surface area contributed by atoms with Gasteiger partial charge in [0.25, 0.3) is 5.91 Å². The highest BCUT2D eigenvalue weighted by Gasteiger charge is 2.40. The average molecular weight is 504 g/mol. The molecule has 11 heteroatoms. The quantitative estimate of drug-likeness (QED) is 0.622. The van der Waals surface area contributed by atoms with Gasteiger partial charge in [-0.15, -0.1) is 11.8 Å². The summed E-state index contributed by atoms with van der Waals surface area (Å²) in [6.07, 6.45) is 0. The number of ether oxygens (including phenoxy) is 1. The lowest BCUT2D eigenvalue weighted by Crippen LogP contribution is -2.59. The number of hydrogen-bond donors (Lipinski definition) is 2. The maximum atomic E-state index is 13.4. The average Bonchev–Trinajstić information content (AvgIpc) is 2.92. The van der Waals surface area contributed by atoms with Gasteiger partial charge in [-0.05, 0) is 35.9 Å². The second kappa shape index (κ2) is 9.94. The van der Waals surface area contributed by atoms with Crippen molar-refractivity contribution in [1.29, 1.82) is 0 Å². The van der Waals surface area contributed by atoms with Gasteiger partial charge in [-0.3, -0.25) is 19.2 Å². The number of rotatable bonds is 6. The van der Waals surface area contributed by atoms with Crippen LogP contribution < -0.4 is 10.1 Å². The molecule has 0 radical (unpaired) electrons. The number of halogens is 1. The summed E-state index contributed by atoms with van der Waals surface area (Å²) in [5.74, 6) is -1.53. The Morgan fingerprint density at radius 1 is 1.15 bits per heavy atom. The third-order valence-electron chi connectivity index (χ3n) is 5.73. The number of aliphatic carboxylic acids is 1. The number of hydrogen-bond acceptors (Lipinski definition) is 6. The first kappa shape index (κ1) is 23.9. The highest BCUT2D eigenvalue weighted by molar-refractivity contribution is 8.00. The van der Waals surface area contributed by atoms with Crippen molar-refractivity contribution in [3.05, 3.63) is 47.0 Å². The number of fused-ring (bicyclic) bond motifs is 2. The Morgan fingerprint density at radius 3 is 2.68 bits per heavy atom. The van der Waals surface area contributed by atoms with E-state index in [0.717, 1.165) is 11.8 Å². The molecule has 2 aliphatic heterocycles. The number of amides is 3. The molecule has 0 bridgehead atoms. The molecular weight excluding hydrogens is 482 g/mol. The number of benzene rings is 2. The molecule has 2 aromatic carbocycles. The monoisotopic (exact) mass is 503 g/mol. The molecule has 0 aliphatic carbocycles. The lowest BCUT2D eigenvalue weighted by atomic mass is 10.00. The Bertz CT molecular complexity index is 1170. The first-order valence-electron chi connectivity index (χ1n) is 10.5. The Balaban J connectivity index is 1.58. The molecule has 2 heterocycles. The van der Waals surface area contributed by atoms with E-state index in [4.69, 9.17) is 21.4 Å². The summed E-state index contributed by atoms with van der Waals surface area (Å²) in [6.45, 7) is 0.503. The summed E-state index contributed by atoms with van der Waals surface area (Å²) in [6, 6.07) is 9.52. The van der Waals surface area contributed by atoms with E-state index in [2.05, 4.69) is 5.32 Å². The zero-order valence-corrected chi connectivity index (χ0v) is 19.8. The van der Waals surface area contributed by atoms with Gasteiger partial charge in [0, 0.05) is 23.7 Å². The standard InChI is InChI=1S/C23H22ClN3O6S/c1-33-19-5-3-14(24)9-15(19)13-2-4-17-16(8-13)23(32)27-7-6-26(10-18(27)22(31)25-17)20(28)11-34-12-21(29)30/h2-5,8-9,18H,6-7,10-12H2,1H3,(H,25,31)(H,29,30)/t18-/m0/s1. The summed E-state index contributed by atoms with van der Waals surface area (Å²) in [7, 11) is 1.55. The van der Waals surface area contributed by atoms with Crippen LogP contribution in [0.15, 0.2) is 36.4 Å². The molecule has 1 atom stereocenters. The van der Waals surface area contributed by atoms with Crippen molar-refractivity contribution < 1.29 is 29.0 Å². The van der Waals surface area contributed by atoms with Crippen molar-refractivity contribution in [3.8, 4) is 16.9 Å². The van der Waals surface area contributed by atoms with Crippen molar-refractivity contribution in [2.24, 2.45) is 0 Å². The second-order valence-corrected chi connectivity index (χ2v) is 9.26. The number of carboxylic acid groups (broad SMARTS) is 1. The molecule has 2 aliphatic rings. The highest BCUT2D eigenvalue weighted by Crippen LogP contribution is 2.36. The van der Waals surface area contributed by atoms with E-state index in [1.165, 1.54) is 9.80 Å². The number of carboxylic acids is 1. The minimum atomic E-state index is -0.996. The molecular formula is C23H22ClN3O6S. The lowest BCUT2D eigenvalue weighted by Gasteiger charge is -2.39. The summed E-state index contributed by atoms with van der Waals surface area (Å²) in [5, 5.41) is 12.1. The van der Waals surface area contributed by atoms with Crippen LogP contribution in [0.3, 0.4) is 0 Å². The largest absolute Gasteiger partial charge is 0.496 e. The lowest BCUT2D eigenvalue weighted by molar-refractivity contribution is -0.134. The minimum absolute atomic E-state index is 0.000358. The number of piperazine rings is 1. The van der Waals surface area contributed by atoms with Gasteiger partial charge in [0.05, 0.1) is 36.4 Å². The number of methoxy groups -OCH3 is 1. The molecule has 0 unspecified atom stereocenters. The SMILES string of the molecule is COc1ccc(Cl)cc1-c1ccc2c(c1)C(=O)N1CCN(C(=O)CSCC(=O)O)C[C@H]1C(=O)N2. The van der Waals surface area contributed by atoms with E-state index < -0.39 is 12.0 Å². The Hall–Kier alpha value is -3.24. The third-order valence-corrected chi connectivity index (χ3v) is 6.87. The molecule has 0 spiro atoms. The van der Waals surface area contributed by atoms with Crippen molar-refractivity contribution in [3.63, 3.8) is 0 Å². The van der Waals surface area contributed by atoms with Gasteiger partial charge in [0.15, 0.2) is 0 Å². The predicted molar refractivity (Wildman–Crippen MR) is 128 cm³/mol. The van der Waals surface area contributed by atoms with Crippen LogP contribution in [-0.2, 0) is 14.4 Å². The van der Waals surface area contributed by atoms with Crippen molar-refractivity contribution >= 4 is 52.7 Å². The van der Waals surface area contributed by atoms with E-state index in [-0.39, 0.29) is 48.9 Å². The van der Waals surface area contributed by atoms with E-state index in [9.17, 15) is 19.2 Å². The molecule has 2 aromatic rings. The molecule has 0 saturated carbocycles. The maximum absolute atomic E-state index is 13.4. The zero-order chi connectivity index (χ0) is 24.4. The van der Waals surface area contributed by atoms with Crippen LogP contribution in [0.5, 0.6) is 5.75 Å². The number of anilines is 1. The van der Waals surface area contributed by atoms with Crippen LogP contribution in [0.25, 0.3) is 11.1 Å². The second-order valence-electron chi connectivity index (χ2n) is 7.83. The third kappa shape index (κ3) is 4.83. The van der Waals surface area contributed by atoms with Gasteiger partial charge in [-0.1, -0.05) is 17.7 Å². The molecule has 4 rings (SSSR count). The van der Waals surface area contributed by atoms with Gasteiger partial charge >= 0.3 is 5.97 Å². The molecule has 0 aromatic heterocycles. The van der Waals surface area contributed by atoms with Crippen LogP contribution in [0.1, 0.15) is 10.4 Å². The fourth-order valence-electron chi connectivity index (χ4n) is 4.07. The summed E-state index contributed by atoms with van der Waals surface area (Å²) in [4.78, 5) is 52.6. The predicted octanol–water partition coefficient (Wildman–Crippen LogP) is 2.44. The zero-order valence-electron chi connectivity index (χ0n) is 18.2. The van der Waals surface area contributed by atoms with Crippen LogP contribution in [-0.4, -0.2) is 82.9 Å². The number of nitrogens with zero attached hydrogens (tertiary/aromatic N) is 2. The highest BCUT2D eigenvalue weighted by atomic mass is 35.5. The molecule has 1 fully saturated rings. The van der Waals surface area contributed by atoms with Crippen molar-refractivity contribution in [1.82, 2.24) is 9.80 Å². The van der Waals surface area contributed by atoms with Crippen molar-refractivity contribution in [2.75, 3.05) is 43.6 Å². The smallest absolute Gasteiger partial charge is 0.313 e. The van der Waals surface area contributed by atoms with E-state index in [1.807, 2.05) is 0 Å². The molecule has 9 nitrogen and oxygen atoms in total.